The molecule has 6 nitrogen and oxygen atoms in total. The molecule has 0 aliphatic carbocycles. The summed E-state index contributed by atoms with van der Waals surface area (Å²) >= 11 is 0. The van der Waals surface area contributed by atoms with Crippen molar-refractivity contribution in [2.75, 3.05) is 31.1 Å². The van der Waals surface area contributed by atoms with Crippen molar-refractivity contribution < 1.29 is 8.42 Å². The number of likely N-dealkylation sites (tertiary alicyclic amines) is 1. The Morgan fingerprint density at radius 2 is 1.89 bits per heavy atom. The van der Waals surface area contributed by atoms with Crippen LogP contribution in [0.15, 0.2) is 29.3 Å². The average molecular weight is 407 g/mol. The standard InChI is InChI=1S/C21H34N4O2S/c1-3-22-21(24-20-10-13-28(26,27)16-20)23-14-18-6-4-5-7-19(18)15-25-11-8-17(2)9-12-25/h4-7,17,20H,3,8-16H2,1-2H3,(H2,22,23,24). The molecule has 1 atom stereocenters. The molecule has 2 aliphatic rings. The quantitative estimate of drug-likeness (QED) is 0.559. The molecule has 0 saturated carbocycles. The van der Waals surface area contributed by atoms with Crippen molar-refractivity contribution in [3.63, 3.8) is 0 Å². The van der Waals surface area contributed by atoms with E-state index >= 15 is 0 Å². The van der Waals surface area contributed by atoms with Crippen molar-refractivity contribution >= 4 is 15.8 Å². The number of benzene rings is 1. The Morgan fingerprint density at radius 3 is 2.54 bits per heavy atom. The highest BCUT2D eigenvalue weighted by Crippen LogP contribution is 2.20. The number of nitrogens with zero attached hydrogens (tertiary/aromatic N) is 2. The lowest BCUT2D eigenvalue weighted by molar-refractivity contribution is 0.185. The van der Waals surface area contributed by atoms with Crippen LogP contribution < -0.4 is 10.6 Å². The van der Waals surface area contributed by atoms with E-state index in [0.29, 0.717) is 18.9 Å². The van der Waals surface area contributed by atoms with Crippen molar-refractivity contribution in [1.82, 2.24) is 15.5 Å². The summed E-state index contributed by atoms with van der Waals surface area (Å²) in [5.41, 5.74) is 2.57. The first kappa shape index (κ1) is 21.1. The van der Waals surface area contributed by atoms with E-state index in [1.165, 1.54) is 37.1 Å². The highest BCUT2D eigenvalue weighted by atomic mass is 32.2. The third-order valence-electron chi connectivity index (χ3n) is 5.71. The lowest BCUT2D eigenvalue weighted by Crippen LogP contribution is -2.44. The fraction of sp³-hybridized carbons (Fsp3) is 0.667. The summed E-state index contributed by atoms with van der Waals surface area (Å²) < 4.78 is 23.4. The second-order valence-electron chi connectivity index (χ2n) is 8.17. The van der Waals surface area contributed by atoms with Gasteiger partial charge in [-0.2, -0.15) is 0 Å². The van der Waals surface area contributed by atoms with E-state index in [-0.39, 0.29) is 17.5 Å². The van der Waals surface area contributed by atoms with Crippen LogP contribution in [0.1, 0.15) is 44.2 Å². The highest BCUT2D eigenvalue weighted by Gasteiger charge is 2.28. The molecule has 0 aromatic heterocycles. The number of sulfone groups is 1. The van der Waals surface area contributed by atoms with Gasteiger partial charge < -0.3 is 10.6 Å². The Morgan fingerprint density at radius 1 is 1.18 bits per heavy atom. The van der Waals surface area contributed by atoms with Crippen molar-refractivity contribution in [2.45, 2.75) is 52.2 Å². The average Bonchev–Trinajstić information content (AvgIpc) is 3.01. The minimum absolute atomic E-state index is 0.0478. The van der Waals surface area contributed by atoms with Gasteiger partial charge >= 0.3 is 0 Å². The van der Waals surface area contributed by atoms with Gasteiger partial charge in [0, 0.05) is 19.1 Å². The topological polar surface area (TPSA) is 73.8 Å². The van der Waals surface area contributed by atoms with Gasteiger partial charge in [0.2, 0.25) is 0 Å². The molecule has 2 saturated heterocycles. The number of rotatable bonds is 6. The Bertz CT molecular complexity index is 770. The Kier molecular flexibility index (Phi) is 7.35. The summed E-state index contributed by atoms with van der Waals surface area (Å²) in [4.78, 5) is 7.28. The molecular formula is C21H34N4O2S. The normalized spacial score (nSPS) is 23.6. The van der Waals surface area contributed by atoms with Gasteiger partial charge in [-0.3, -0.25) is 4.90 Å². The molecule has 0 bridgehead atoms. The summed E-state index contributed by atoms with van der Waals surface area (Å²) in [6.45, 7) is 9.01. The van der Waals surface area contributed by atoms with Gasteiger partial charge in [-0.15, -0.1) is 0 Å². The van der Waals surface area contributed by atoms with Crippen LogP contribution in [0.4, 0.5) is 0 Å². The Labute approximate surface area is 169 Å². The van der Waals surface area contributed by atoms with Crippen LogP contribution in [-0.4, -0.2) is 56.5 Å². The Balaban J connectivity index is 1.63. The molecule has 0 spiro atoms. The highest BCUT2D eigenvalue weighted by molar-refractivity contribution is 7.91. The zero-order chi connectivity index (χ0) is 20.0. The first-order valence-electron chi connectivity index (χ1n) is 10.5. The molecule has 2 heterocycles. The third kappa shape index (κ3) is 6.21. The molecule has 0 amide bonds. The number of piperidine rings is 1. The molecule has 0 radical (unpaired) electrons. The first-order valence-corrected chi connectivity index (χ1v) is 12.3. The number of nitrogens with one attached hydrogen (secondary N) is 2. The van der Waals surface area contributed by atoms with Gasteiger partial charge in [-0.1, -0.05) is 31.2 Å². The van der Waals surface area contributed by atoms with E-state index in [9.17, 15) is 8.42 Å². The molecule has 28 heavy (non-hydrogen) atoms. The molecular weight excluding hydrogens is 372 g/mol. The predicted molar refractivity (Wildman–Crippen MR) is 115 cm³/mol. The fourth-order valence-electron chi connectivity index (χ4n) is 3.91. The van der Waals surface area contributed by atoms with Crippen LogP contribution in [0.3, 0.4) is 0 Å². The lowest BCUT2D eigenvalue weighted by Gasteiger charge is -2.30. The van der Waals surface area contributed by atoms with E-state index in [4.69, 9.17) is 4.99 Å². The van der Waals surface area contributed by atoms with E-state index < -0.39 is 9.84 Å². The molecule has 1 unspecified atom stereocenters. The molecule has 1 aromatic carbocycles. The van der Waals surface area contributed by atoms with Crippen molar-refractivity contribution in [2.24, 2.45) is 10.9 Å². The van der Waals surface area contributed by atoms with Gasteiger partial charge in [0.05, 0.1) is 18.1 Å². The zero-order valence-corrected chi connectivity index (χ0v) is 18.0. The SMILES string of the molecule is CCNC(=NCc1ccccc1CN1CCC(C)CC1)NC1CCS(=O)(=O)C1. The van der Waals surface area contributed by atoms with Gasteiger partial charge in [0.15, 0.2) is 15.8 Å². The maximum atomic E-state index is 11.7. The number of hydrogen-bond donors (Lipinski definition) is 2. The van der Waals surface area contributed by atoms with Gasteiger partial charge in [-0.05, 0) is 56.3 Å². The summed E-state index contributed by atoms with van der Waals surface area (Å²) in [6, 6.07) is 8.47. The number of aliphatic imine (C=N–C) groups is 1. The minimum Gasteiger partial charge on any atom is -0.357 e. The molecule has 7 heteroatoms. The van der Waals surface area contributed by atoms with Crippen molar-refractivity contribution in [3.8, 4) is 0 Å². The first-order chi connectivity index (χ1) is 13.4. The molecule has 156 valence electrons. The summed E-state index contributed by atoms with van der Waals surface area (Å²) in [7, 11) is -2.90. The largest absolute Gasteiger partial charge is 0.357 e. The fourth-order valence-corrected chi connectivity index (χ4v) is 5.59. The predicted octanol–water partition coefficient (Wildman–Crippen LogP) is 2.16. The molecule has 3 rings (SSSR count). The van der Waals surface area contributed by atoms with E-state index in [2.05, 4.69) is 46.7 Å². The summed E-state index contributed by atoms with van der Waals surface area (Å²) in [6.07, 6.45) is 3.20. The van der Waals surface area contributed by atoms with Gasteiger partial charge in [0.1, 0.15) is 0 Å². The van der Waals surface area contributed by atoms with E-state index in [1.807, 2.05) is 6.92 Å². The van der Waals surface area contributed by atoms with Crippen LogP contribution >= 0.6 is 0 Å². The Hall–Kier alpha value is -1.60. The third-order valence-corrected chi connectivity index (χ3v) is 7.48. The van der Waals surface area contributed by atoms with Gasteiger partial charge in [0.25, 0.3) is 0 Å². The summed E-state index contributed by atoms with van der Waals surface area (Å²) in [5.74, 6) is 2.00. The smallest absolute Gasteiger partial charge is 0.191 e. The van der Waals surface area contributed by atoms with Crippen LogP contribution in [-0.2, 0) is 22.9 Å². The molecule has 2 fully saturated rings. The van der Waals surface area contributed by atoms with Crippen LogP contribution in [0.5, 0.6) is 0 Å². The van der Waals surface area contributed by atoms with E-state index in [0.717, 1.165) is 19.0 Å². The van der Waals surface area contributed by atoms with Crippen LogP contribution in [0, 0.1) is 5.92 Å². The van der Waals surface area contributed by atoms with Crippen molar-refractivity contribution in [1.29, 1.82) is 0 Å². The van der Waals surface area contributed by atoms with Crippen LogP contribution in [0.2, 0.25) is 0 Å². The maximum Gasteiger partial charge on any atom is 0.191 e. The zero-order valence-electron chi connectivity index (χ0n) is 17.2. The number of hydrogen-bond acceptors (Lipinski definition) is 4. The van der Waals surface area contributed by atoms with Crippen LogP contribution in [0.25, 0.3) is 0 Å². The van der Waals surface area contributed by atoms with Gasteiger partial charge in [-0.25, -0.2) is 13.4 Å². The molecule has 2 aliphatic heterocycles. The molecule has 1 aromatic rings. The lowest BCUT2D eigenvalue weighted by atomic mass is 9.98. The van der Waals surface area contributed by atoms with Crippen molar-refractivity contribution in [3.05, 3.63) is 35.4 Å². The second kappa shape index (κ2) is 9.74. The molecule has 2 N–H and O–H groups in total. The number of guanidine groups is 1. The second-order valence-corrected chi connectivity index (χ2v) is 10.4. The summed E-state index contributed by atoms with van der Waals surface area (Å²) in [5, 5.41) is 6.54. The van der Waals surface area contributed by atoms with E-state index in [1.54, 1.807) is 0 Å². The monoisotopic (exact) mass is 406 g/mol. The maximum absolute atomic E-state index is 11.7. The minimum atomic E-state index is -2.90.